The second kappa shape index (κ2) is 7.06. The van der Waals surface area contributed by atoms with E-state index in [1.165, 1.54) is 6.33 Å². The molecule has 0 spiro atoms. The molecule has 0 aliphatic carbocycles. The summed E-state index contributed by atoms with van der Waals surface area (Å²) in [6.45, 7) is 0.605. The van der Waals surface area contributed by atoms with Crippen molar-refractivity contribution in [2.45, 2.75) is 13.2 Å². The average molecular weight is 350 g/mol. The fourth-order valence-corrected chi connectivity index (χ4v) is 2.39. The predicted molar refractivity (Wildman–Crippen MR) is 88.9 cm³/mol. The van der Waals surface area contributed by atoms with Gasteiger partial charge in [0.05, 0.1) is 18.4 Å². The number of furan rings is 1. The zero-order valence-electron chi connectivity index (χ0n) is 13.6. The smallest absolute Gasteiger partial charge is 0.338 e. The fraction of sp³-hybridized carbons (Fsp3) is 0.111. The van der Waals surface area contributed by atoms with Gasteiger partial charge in [0.1, 0.15) is 25.0 Å². The molecule has 0 fully saturated rings. The van der Waals surface area contributed by atoms with Gasteiger partial charge in [-0.15, -0.1) is 0 Å². The largest absolute Gasteiger partial charge is 0.461 e. The van der Waals surface area contributed by atoms with Gasteiger partial charge >= 0.3 is 5.97 Å². The van der Waals surface area contributed by atoms with Crippen LogP contribution in [-0.2, 0) is 17.9 Å². The summed E-state index contributed by atoms with van der Waals surface area (Å²) in [4.78, 5) is 16.0. The molecule has 0 atom stereocenters. The summed E-state index contributed by atoms with van der Waals surface area (Å²) in [5.41, 5.74) is 1.97. The minimum Gasteiger partial charge on any atom is -0.461 e. The molecule has 8 heteroatoms. The van der Waals surface area contributed by atoms with Gasteiger partial charge in [-0.1, -0.05) is 17.3 Å². The van der Waals surface area contributed by atoms with Crippen LogP contribution >= 0.6 is 0 Å². The molecule has 0 radical (unpaired) electrons. The average Bonchev–Trinajstić information content (AvgIpc) is 3.41. The van der Waals surface area contributed by atoms with Crippen LogP contribution in [0.3, 0.4) is 0 Å². The van der Waals surface area contributed by atoms with E-state index in [1.807, 2.05) is 12.1 Å². The molecule has 0 unspecified atom stereocenters. The van der Waals surface area contributed by atoms with Crippen molar-refractivity contribution < 1.29 is 18.5 Å². The van der Waals surface area contributed by atoms with Crippen LogP contribution in [0.5, 0.6) is 0 Å². The van der Waals surface area contributed by atoms with E-state index in [9.17, 15) is 4.79 Å². The molecule has 0 N–H and O–H groups in total. The van der Waals surface area contributed by atoms with Crippen molar-refractivity contribution in [1.29, 1.82) is 0 Å². The molecule has 3 aromatic heterocycles. The van der Waals surface area contributed by atoms with Crippen molar-refractivity contribution in [3.63, 3.8) is 0 Å². The third-order valence-corrected chi connectivity index (χ3v) is 3.67. The van der Waals surface area contributed by atoms with E-state index in [2.05, 4.69) is 15.2 Å². The minimum absolute atomic E-state index is 0.0176. The van der Waals surface area contributed by atoms with Gasteiger partial charge in [-0.3, -0.25) is 0 Å². The molecule has 130 valence electrons. The molecule has 0 aliphatic rings. The van der Waals surface area contributed by atoms with Gasteiger partial charge in [-0.2, -0.15) is 5.10 Å². The second-order valence-corrected chi connectivity index (χ2v) is 5.53. The Balaban J connectivity index is 1.34. The van der Waals surface area contributed by atoms with Gasteiger partial charge < -0.3 is 13.7 Å². The zero-order chi connectivity index (χ0) is 17.8. The maximum absolute atomic E-state index is 12.2. The first-order valence-corrected chi connectivity index (χ1v) is 7.86. The Labute approximate surface area is 148 Å². The molecule has 4 rings (SSSR count). The number of ether oxygens (including phenoxy) is 1. The molecule has 8 nitrogen and oxygen atoms in total. The normalized spacial score (nSPS) is 10.8. The highest BCUT2D eigenvalue weighted by atomic mass is 16.5. The monoisotopic (exact) mass is 350 g/mol. The van der Waals surface area contributed by atoms with Crippen molar-refractivity contribution in [1.82, 2.24) is 19.9 Å². The van der Waals surface area contributed by atoms with Crippen molar-refractivity contribution in [3.8, 4) is 11.5 Å². The van der Waals surface area contributed by atoms with Crippen LogP contribution in [0.4, 0.5) is 0 Å². The van der Waals surface area contributed by atoms with E-state index in [1.54, 1.807) is 47.6 Å². The number of nitrogens with zero attached hydrogens (tertiary/aromatic N) is 4. The fourth-order valence-electron chi connectivity index (χ4n) is 2.39. The van der Waals surface area contributed by atoms with Crippen LogP contribution < -0.4 is 0 Å². The third kappa shape index (κ3) is 3.54. The molecule has 0 bridgehead atoms. The molecule has 1 aromatic carbocycles. The van der Waals surface area contributed by atoms with E-state index in [-0.39, 0.29) is 6.61 Å². The number of carbonyl (C=O) groups is 1. The number of carbonyl (C=O) groups excluding carboxylic acids is 1. The van der Waals surface area contributed by atoms with Crippen LogP contribution in [0.1, 0.15) is 21.6 Å². The number of esters is 1. The molecule has 0 saturated heterocycles. The number of aromatic nitrogens is 4. The highest BCUT2D eigenvalue weighted by Crippen LogP contribution is 2.21. The van der Waals surface area contributed by atoms with E-state index >= 15 is 0 Å². The van der Waals surface area contributed by atoms with Crippen molar-refractivity contribution in [2.24, 2.45) is 0 Å². The first kappa shape index (κ1) is 15.8. The van der Waals surface area contributed by atoms with E-state index < -0.39 is 5.97 Å². The number of hydrogen-bond acceptors (Lipinski definition) is 7. The Morgan fingerprint density at radius 1 is 1.15 bits per heavy atom. The lowest BCUT2D eigenvalue weighted by Gasteiger charge is -2.04. The summed E-state index contributed by atoms with van der Waals surface area (Å²) in [5.74, 6) is 0.622. The third-order valence-electron chi connectivity index (χ3n) is 3.67. The van der Waals surface area contributed by atoms with Crippen molar-refractivity contribution >= 4 is 5.97 Å². The molecule has 0 saturated carbocycles. The SMILES string of the molecule is O=C(OCc1cc(-c2ccco2)on1)c1ccc(Cn2cncn2)cc1. The summed E-state index contributed by atoms with van der Waals surface area (Å²) in [6.07, 6.45) is 4.66. The van der Waals surface area contributed by atoms with Gasteiger partial charge in [-0.05, 0) is 29.8 Å². The summed E-state index contributed by atoms with van der Waals surface area (Å²) >= 11 is 0. The van der Waals surface area contributed by atoms with Crippen molar-refractivity contribution in [2.75, 3.05) is 0 Å². The molecular formula is C18H14N4O4. The summed E-state index contributed by atoms with van der Waals surface area (Å²) in [7, 11) is 0. The van der Waals surface area contributed by atoms with Crippen LogP contribution in [0.15, 0.2) is 70.3 Å². The minimum atomic E-state index is -0.431. The Hall–Kier alpha value is -3.68. The number of hydrogen-bond donors (Lipinski definition) is 0. The molecular weight excluding hydrogens is 336 g/mol. The van der Waals surface area contributed by atoms with Gasteiger partial charge in [0.25, 0.3) is 0 Å². The van der Waals surface area contributed by atoms with Crippen LogP contribution in [0, 0.1) is 0 Å². The molecule has 0 aliphatic heterocycles. The molecule has 4 aromatic rings. The predicted octanol–water partition coefficient (Wildman–Crippen LogP) is 2.93. The second-order valence-electron chi connectivity index (χ2n) is 5.53. The zero-order valence-corrected chi connectivity index (χ0v) is 13.6. The first-order valence-electron chi connectivity index (χ1n) is 7.86. The summed E-state index contributed by atoms with van der Waals surface area (Å²) < 4.78 is 17.4. The summed E-state index contributed by atoms with van der Waals surface area (Å²) in [5, 5.41) is 7.91. The van der Waals surface area contributed by atoms with E-state index in [0.717, 1.165) is 5.56 Å². The maximum Gasteiger partial charge on any atom is 0.338 e. The highest BCUT2D eigenvalue weighted by molar-refractivity contribution is 5.89. The van der Waals surface area contributed by atoms with Gasteiger partial charge in [0.2, 0.25) is 5.76 Å². The lowest BCUT2D eigenvalue weighted by atomic mass is 10.1. The van der Waals surface area contributed by atoms with E-state index in [4.69, 9.17) is 13.7 Å². The van der Waals surface area contributed by atoms with Gasteiger partial charge in [0.15, 0.2) is 5.76 Å². The summed E-state index contributed by atoms with van der Waals surface area (Å²) in [6, 6.07) is 12.3. The Kier molecular flexibility index (Phi) is 4.29. The Bertz CT molecular complexity index is 973. The number of rotatable bonds is 6. The Morgan fingerprint density at radius 3 is 2.77 bits per heavy atom. The highest BCUT2D eigenvalue weighted by Gasteiger charge is 2.12. The van der Waals surface area contributed by atoms with Crippen LogP contribution in [-0.4, -0.2) is 25.9 Å². The van der Waals surface area contributed by atoms with Gasteiger partial charge in [0, 0.05) is 6.07 Å². The first-order chi connectivity index (χ1) is 12.8. The Morgan fingerprint density at radius 2 is 2.04 bits per heavy atom. The maximum atomic E-state index is 12.2. The lowest BCUT2D eigenvalue weighted by molar-refractivity contribution is 0.0464. The number of benzene rings is 1. The quantitative estimate of drug-likeness (QED) is 0.493. The van der Waals surface area contributed by atoms with Crippen molar-refractivity contribution in [3.05, 3.63) is 78.2 Å². The lowest BCUT2D eigenvalue weighted by Crippen LogP contribution is -2.06. The van der Waals surface area contributed by atoms with Gasteiger partial charge in [-0.25, -0.2) is 14.5 Å². The van der Waals surface area contributed by atoms with Crippen LogP contribution in [0.25, 0.3) is 11.5 Å². The van der Waals surface area contributed by atoms with Crippen LogP contribution in [0.2, 0.25) is 0 Å². The molecule has 3 heterocycles. The molecule has 0 amide bonds. The topological polar surface area (TPSA) is 96.2 Å². The van der Waals surface area contributed by atoms with E-state index in [0.29, 0.717) is 29.3 Å². The standard InChI is InChI=1S/C18H14N4O4/c23-18(14-5-3-13(4-6-14)9-22-12-19-11-20-22)25-10-15-8-17(26-21-15)16-2-1-7-24-16/h1-8,11-12H,9-10H2. The molecule has 26 heavy (non-hydrogen) atoms.